The molecule has 6 unspecified atom stereocenters. The van der Waals surface area contributed by atoms with Gasteiger partial charge in [0.05, 0.1) is 24.7 Å². The minimum atomic E-state index is -0.251. The first-order valence-electron chi connectivity index (χ1n) is 9.07. The van der Waals surface area contributed by atoms with Crippen molar-refractivity contribution in [3.63, 3.8) is 0 Å². The van der Waals surface area contributed by atoms with Crippen LogP contribution < -0.4 is 0 Å². The van der Waals surface area contributed by atoms with Gasteiger partial charge in [0, 0.05) is 0 Å². The second-order valence-electron chi connectivity index (χ2n) is 7.29. The van der Waals surface area contributed by atoms with Crippen LogP contribution in [0.1, 0.15) is 65.2 Å². The van der Waals surface area contributed by atoms with E-state index in [4.69, 9.17) is 4.74 Å². The zero-order chi connectivity index (χ0) is 16.1. The maximum atomic E-state index is 12.3. The highest BCUT2D eigenvalue weighted by atomic mass is 16.5. The average Bonchev–Trinajstić information content (AvgIpc) is 2.54. The number of hydrogen-bond acceptors (Lipinski definition) is 4. The van der Waals surface area contributed by atoms with Crippen molar-refractivity contribution in [2.45, 2.75) is 77.4 Å². The number of esters is 1. The molecule has 0 aromatic rings. The van der Waals surface area contributed by atoms with Gasteiger partial charge in [-0.05, 0) is 56.3 Å². The van der Waals surface area contributed by atoms with Crippen molar-refractivity contribution in [1.82, 2.24) is 0 Å². The number of aliphatic hydroxyl groups excluding tert-OH is 2. The first-order valence-corrected chi connectivity index (χ1v) is 9.07. The van der Waals surface area contributed by atoms with Crippen molar-refractivity contribution in [2.24, 2.45) is 23.7 Å². The van der Waals surface area contributed by atoms with Gasteiger partial charge in [0.1, 0.15) is 0 Å². The third-order valence-electron chi connectivity index (χ3n) is 5.84. The van der Waals surface area contributed by atoms with Gasteiger partial charge in [-0.1, -0.05) is 26.7 Å². The molecule has 2 saturated carbocycles. The Labute approximate surface area is 134 Å². The first kappa shape index (κ1) is 17.7. The topological polar surface area (TPSA) is 66.8 Å². The van der Waals surface area contributed by atoms with E-state index in [9.17, 15) is 15.0 Å². The number of carbonyl (C=O) groups is 1. The van der Waals surface area contributed by atoms with E-state index >= 15 is 0 Å². The van der Waals surface area contributed by atoms with Crippen molar-refractivity contribution < 1.29 is 19.7 Å². The molecule has 6 atom stereocenters. The number of hydrogen-bond donors (Lipinski definition) is 2. The summed E-state index contributed by atoms with van der Waals surface area (Å²) in [6, 6.07) is 0. The molecule has 0 saturated heterocycles. The Bertz CT molecular complexity index is 357. The molecule has 0 amide bonds. The lowest BCUT2D eigenvalue weighted by atomic mass is 9.78. The van der Waals surface area contributed by atoms with Gasteiger partial charge in [-0.25, -0.2) is 0 Å². The van der Waals surface area contributed by atoms with Gasteiger partial charge in [0.25, 0.3) is 0 Å². The monoisotopic (exact) mass is 312 g/mol. The highest BCUT2D eigenvalue weighted by Crippen LogP contribution is 2.34. The van der Waals surface area contributed by atoms with Gasteiger partial charge in [0.15, 0.2) is 0 Å². The summed E-state index contributed by atoms with van der Waals surface area (Å²) in [6.07, 6.45) is 6.45. The predicted octanol–water partition coefficient (Wildman–Crippen LogP) is 2.90. The second kappa shape index (κ2) is 8.30. The molecule has 2 N–H and O–H groups in total. The molecule has 2 aliphatic rings. The fourth-order valence-corrected chi connectivity index (χ4v) is 4.15. The molecule has 4 heteroatoms. The van der Waals surface area contributed by atoms with Gasteiger partial charge in [-0.15, -0.1) is 0 Å². The van der Waals surface area contributed by atoms with Gasteiger partial charge in [-0.2, -0.15) is 0 Å². The fourth-order valence-electron chi connectivity index (χ4n) is 4.15. The molecule has 128 valence electrons. The Morgan fingerprint density at radius 3 is 2.18 bits per heavy atom. The smallest absolute Gasteiger partial charge is 0.308 e. The summed E-state index contributed by atoms with van der Waals surface area (Å²) >= 11 is 0. The predicted molar refractivity (Wildman–Crippen MR) is 85.2 cm³/mol. The zero-order valence-corrected chi connectivity index (χ0v) is 14.0. The summed E-state index contributed by atoms with van der Waals surface area (Å²) in [4.78, 5) is 12.3. The summed E-state index contributed by atoms with van der Waals surface area (Å²) in [6.45, 7) is 4.68. The average molecular weight is 312 g/mol. The quantitative estimate of drug-likeness (QED) is 0.766. The summed E-state index contributed by atoms with van der Waals surface area (Å²) < 4.78 is 5.57. The number of ether oxygens (including phenoxy) is 1. The molecular formula is C18H32O4. The van der Waals surface area contributed by atoms with Crippen LogP contribution in [0.3, 0.4) is 0 Å². The molecule has 2 rings (SSSR count). The summed E-state index contributed by atoms with van der Waals surface area (Å²) in [7, 11) is 0. The van der Waals surface area contributed by atoms with Crippen LogP contribution >= 0.6 is 0 Å². The van der Waals surface area contributed by atoms with E-state index in [0.29, 0.717) is 24.9 Å². The third-order valence-corrected chi connectivity index (χ3v) is 5.84. The molecule has 0 aliphatic heterocycles. The molecule has 4 nitrogen and oxygen atoms in total. The highest BCUT2D eigenvalue weighted by Gasteiger charge is 2.34. The van der Waals surface area contributed by atoms with Gasteiger partial charge < -0.3 is 14.9 Å². The minimum Gasteiger partial charge on any atom is -0.465 e. The van der Waals surface area contributed by atoms with Crippen molar-refractivity contribution in [3.05, 3.63) is 0 Å². The van der Waals surface area contributed by atoms with Crippen LogP contribution in [-0.2, 0) is 9.53 Å². The maximum Gasteiger partial charge on any atom is 0.308 e. The molecule has 2 aliphatic carbocycles. The van der Waals surface area contributed by atoms with Gasteiger partial charge >= 0.3 is 5.97 Å². The van der Waals surface area contributed by atoms with E-state index in [2.05, 4.69) is 13.8 Å². The number of aliphatic hydroxyl groups is 2. The van der Waals surface area contributed by atoms with Crippen LogP contribution in [0.2, 0.25) is 0 Å². The Balaban J connectivity index is 1.76. The molecule has 0 bridgehead atoms. The summed E-state index contributed by atoms with van der Waals surface area (Å²) in [5.41, 5.74) is 0. The van der Waals surface area contributed by atoms with Gasteiger partial charge in [0.2, 0.25) is 0 Å². The summed E-state index contributed by atoms with van der Waals surface area (Å²) in [5, 5.41) is 19.8. The molecule has 2 fully saturated rings. The fraction of sp³-hybridized carbons (Fsp3) is 0.944. The van der Waals surface area contributed by atoms with Crippen LogP contribution in [0, 0.1) is 23.7 Å². The van der Waals surface area contributed by atoms with Gasteiger partial charge in [-0.3, -0.25) is 4.79 Å². The molecule has 0 spiro atoms. The highest BCUT2D eigenvalue weighted by molar-refractivity contribution is 5.72. The number of rotatable bonds is 5. The van der Waals surface area contributed by atoms with Crippen LogP contribution in [0.5, 0.6) is 0 Å². The van der Waals surface area contributed by atoms with Crippen LogP contribution in [0.25, 0.3) is 0 Å². The standard InChI is InChI=1S/C18H32O4/c1-3-13-9-12(5-7-16(13)19)11-22-18(21)15-6-8-17(20)14(4-2)10-15/h12-17,19-20H,3-11H2,1-2H3. The first-order chi connectivity index (χ1) is 10.5. The Morgan fingerprint density at radius 2 is 1.55 bits per heavy atom. The van der Waals surface area contributed by atoms with E-state index in [1.165, 1.54) is 0 Å². The Kier molecular flexibility index (Phi) is 6.69. The van der Waals surface area contributed by atoms with E-state index < -0.39 is 0 Å². The zero-order valence-electron chi connectivity index (χ0n) is 14.0. The largest absolute Gasteiger partial charge is 0.465 e. The Morgan fingerprint density at radius 1 is 0.955 bits per heavy atom. The lowest BCUT2D eigenvalue weighted by molar-refractivity contribution is -0.153. The molecule has 0 heterocycles. The van der Waals surface area contributed by atoms with Crippen LogP contribution in [0.15, 0.2) is 0 Å². The molecule has 0 aromatic carbocycles. The van der Waals surface area contributed by atoms with Crippen LogP contribution in [-0.4, -0.2) is 35.0 Å². The summed E-state index contributed by atoms with van der Waals surface area (Å²) in [5.74, 6) is 0.870. The molecule has 0 aromatic heterocycles. The normalized spacial score (nSPS) is 39.5. The molecular weight excluding hydrogens is 280 g/mol. The lowest BCUT2D eigenvalue weighted by Gasteiger charge is -2.34. The van der Waals surface area contributed by atoms with Crippen LogP contribution in [0.4, 0.5) is 0 Å². The molecule has 0 radical (unpaired) electrons. The van der Waals surface area contributed by atoms with E-state index in [0.717, 1.165) is 44.9 Å². The maximum absolute atomic E-state index is 12.3. The van der Waals surface area contributed by atoms with E-state index in [1.807, 2.05) is 0 Å². The Hall–Kier alpha value is -0.610. The lowest BCUT2D eigenvalue weighted by Crippen LogP contribution is -2.35. The van der Waals surface area contributed by atoms with E-state index in [1.54, 1.807) is 0 Å². The molecule has 22 heavy (non-hydrogen) atoms. The number of carbonyl (C=O) groups excluding carboxylic acids is 1. The van der Waals surface area contributed by atoms with Crippen molar-refractivity contribution in [1.29, 1.82) is 0 Å². The minimum absolute atomic E-state index is 0.0375. The second-order valence-corrected chi connectivity index (χ2v) is 7.29. The van der Waals surface area contributed by atoms with Crippen molar-refractivity contribution in [3.8, 4) is 0 Å². The third kappa shape index (κ3) is 4.45. The van der Waals surface area contributed by atoms with Crippen molar-refractivity contribution >= 4 is 5.97 Å². The van der Waals surface area contributed by atoms with E-state index in [-0.39, 0.29) is 30.0 Å². The van der Waals surface area contributed by atoms with Crippen molar-refractivity contribution in [2.75, 3.05) is 6.61 Å². The SMILES string of the molecule is CCC1CC(COC(=O)C2CCC(O)C(CC)C2)CCC1O.